The van der Waals surface area contributed by atoms with Crippen LogP contribution >= 0.6 is 35.7 Å². The summed E-state index contributed by atoms with van der Waals surface area (Å²) in [6.07, 6.45) is 2.38. The third kappa shape index (κ3) is 5.19. The van der Waals surface area contributed by atoms with Crippen molar-refractivity contribution in [1.82, 2.24) is 15.5 Å². The Balaban J connectivity index is 0.00000243. The quantitative estimate of drug-likeness (QED) is 0.378. The van der Waals surface area contributed by atoms with E-state index >= 15 is 0 Å². The zero-order valence-corrected chi connectivity index (χ0v) is 19.2. The lowest BCUT2D eigenvalue weighted by atomic mass is 9.97. The zero-order chi connectivity index (χ0) is 17.7. The van der Waals surface area contributed by atoms with Crippen molar-refractivity contribution < 1.29 is 0 Å². The van der Waals surface area contributed by atoms with Crippen LogP contribution in [-0.4, -0.2) is 74.7 Å². The summed E-state index contributed by atoms with van der Waals surface area (Å²) >= 11 is 2.05. The third-order valence-electron chi connectivity index (χ3n) is 5.49. The number of hydrogen-bond acceptors (Lipinski definition) is 4. The second kappa shape index (κ2) is 10.0. The van der Waals surface area contributed by atoms with Crippen LogP contribution in [0.2, 0.25) is 0 Å². The predicted octanol–water partition coefficient (Wildman–Crippen LogP) is 2.49. The molecule has 2 fully saturated rings. The molecule has 2 N–H and O–H groups in total. The minimum absolute atomic E-state index is 0. The molecule has 1 aromatic rings. The molecule has 0 spiro atoms. The van der Waals surface area contributed by atoms with Crippen LogP contribution in [0.25, 0.3) is 0 Å². The summed E-state index contributed by atoms with van der Waals surface area (Å²) < 4.78 is 0. The highest BCUT2D eigenvalue weighted by Gasteiger charge is 2.36. The van der Waals surface area contributed by atoms with E-state index in [-0.39, 0.29) is 29.5 Å². The van der Waals surface area contributed by atoms with Crippen LogP contribution in [0.3, 0.4) is 0 Å². The van der Waals surface area contributed by atoms with Gasteiger partial charge in [0.05, 0.1) is 0 Å². The Kier molecular flexibility index (Phi) is 8.35. The molecule has 2 saturated heterocycles. The number of halogens is 1. The molecule has 0 aliphatic carbocycles. The van der Waals surface area contributed by atoms with Gasteiger partial charge in [-0.1, -0.05) is 18.2 Å². The first-order valence-corrected chi connectivity index (χ1v) is 10.3. The second-order valence-corrected chi connectivity index (χ2v) is 8.36. The summed E-state index contributed by atoms with van der Waals surface area (Å²) in [6, 6.07) is 11.1. The van der Waals surface area contributed by atoms with Gasteiger partial charge < -0.3 is 20.4 Å². The fourth-order valence-electron chi connectivity index (χ4n) is 3.63. The van der Waals surface area contributed by atoms with Crippen molar-refractivity contribution >= 4 is 47.4 Å². The van der Waals surface area contributed by atoms with E-state index in [1.54, 1.807) is 0 Å². The maximum Gasteiger partial charge on any atom is 0.191 e. The van der Waals surface area contributed by atoms with E-state index in [0.717, 1.165) is 32.0 Å². The SMILES string of the molecule is CN=C(NCC1(N(C)C)CCSC1)NC1CCN(c2ccccc2)C1.I. The number of aliphatic imine (C=N–C) groups is 1. The highest BCUT2D eigenvalue weighted by Crippen LogP contribution is 2.31. The Bertz CT molecular complexity index is 575. The third-order valence-corrected chi connectivity index (χ3v) is 6.72. The van der Waals surface area contributed by atoms with Gasteiger partial charge >= 0.3 is 0 Å². The molecule has 0 bridgehead atoms. The average Bonchev–Trinajstić information content (AvgIpc) is 3.29. The van der Waals surface area contributed by atoms with Gasteiger partial charge in [-0.25, -0.2) is 0 Å². The van der Waals surface area contributed by atoms with E-state index in [9.17, 15) is 0 Å². The van der Waals surface area contributed by atoms with E-state index in [1.807, 2.05) is 7.05 Å². The number of nitrogens with zero attached hydrogens (tertiary/aromatic N) is 3. The number of hydrogen-bond donors (Lipinski definition) is 2. The van der Waals surface area contributed by atoms with Crippen molar-refractivity contribution in [2.75, 3.05) is 57.2 Å². The number of benzene rings is 1. The number of nitrogens with one attached hydrogen (secondary N) is 2. The van der Waals surface area contributed by atoms with Crippen molar-refractivity contribution in [3.05, 3.63) is 30.3 Å². The Morgan fingerprint density at radius 3 is 2.73 bits per heavy atom. The fourth-order valence-corrected chi connectivity index (χ4v) is 5.19. The summed E-state index contributed by atoms with van der Waals surface area (Å²) in [5, 5.41) is 7.20. The topological polar surface area (TPSA) is 42.9 Å². The smallest absolute Gasteiger partial charge is 0.191 e. The standard InChI is InChI=1S/C19H31N5S.HI/c1-20-18(21-14-19(23(2)3)10-12-25-15-19)22-16-9-11-24(13-16)17-7-5-4-6-8-17;/h4-8,16H,9-15H2,1-3H3,(H2,20,21,22);1H. The molecule has 0 aromatic heterocycles. The first-order valence-electron chi connectivity index (χ1n) is 9.15. The van der Waals surface area contributed by atoms with Gasteiger partial charge in [0, 0.05) is 49.7 Å². The minimum atomic E-state index is 0. The molecule has 3 rings (SSSR count). The number of likely N-dealkylation sites (N-methyl/N-ethyl adjacent to an activating group) is 1. The summed E-state index contributed by atoms with van der Waals surface area (Å²) in [4.78, 5) is 9.27. The molecule has 2 aliphatic heterocycles. The van der Waals surface area contributed by atoms with Gasteiger partial charge in [0.15, 0.2) is 5.96 Å². The van der Waals surface area contributed by atoms with E-state index in [1.165, 1.54) is 23.6 Å². The number of para-hydroxylation sites is 1. The van der Waals surface area contributed by atoms with Crippen LogP contribution < -0.4 is 15.5 Å². The maximum atomic E-state index is 4.45. The molecule has 2 heterocycles. The lowest BCUT2D eigenvalue weighted by Gasteiger charge is -2.36. The van der Waals surface area contributed by atoms with Gasteiger partial charge in [-0.3, -0.25) is 4.99 Å². The number of rotatable bonds is 5. The lowest BCUT2D eigenvalue weighted by Crippen LogP contribution is -2.55. The molecule has 0 amide bonds. The summed E-state index contributed by atoms with van der Waals surface area (Å²) in [5.41, 5.74) is 1.55. The molecule has 2 atom stereocenters. The minimum Gasteiger partial charge on any atom is -0.369 e. The average molecular weight is 489 g/mol. The van der Waals surface area contributed by atoms with Crippen LogP contribution in [0.15, 0.2) is 35.3 Å². The molecule has 0 saturated carbocycles. The maximum absolute atomic E-state index is 4.45. The molecule has 0 radical (unpaired) electrons. The Morgan fingerprint density at radius 2 is 2.12 bits per heavy atom. The van der Waals surface area contributed by atoms with Crippen LogP contribution in [0, 0.1) is 0 Å². The molecule has 7 heteroatoms. The van der Waals surface area contributed by atoms with Crippen LogP contribution in [0.1, 0.15) is 12.8 Å². The van der Waals surface area contributed by atoms with Gasteiger partial charge in [0.1, 0.15) is 0 Å². The van der Waals surface area contributed by atoms with Crippen LogP contribution in [0.4, 0.5) is 5.69 Å². The number of thioether (sulfide) groups is 1. The van der Waals surface area contributed by atoms with E-state index in [0.29, 0.717) is 6.04 Å². The van der Waals surface area contributed by atoms with Crippen molar-refractivity contribution in [3.63, 3.8) is 0 Å². The van der Waals surface area contributed by atoms with Crippen molar-refractivity contribution in [1.29, 1.82) is 0 Å². The first-order chi connectivity index (χ1) is 12.1. The van der Waals surface area contributed by atoms with Gasteiger partial charge in [-0.15, -0.1) is 24.0 Å². The molecular weight excluding hydrogens is 457 g/mol. The van der Waals surface area contributed by atoms with Gasteiger partial charge in [0.25, 0.3) is 0 Å². The predicted molar refractivity (Wildman–Crippen MR) is 125 cm³/mol. The Morgan fingerprint density at radius 1 is 1.35 bits per heavy atom. The normalized spacial score (nSPS) is 26.1. The van der Waals surface area contributed by atoms with Gasteiger partial charge in [0.2, 0.25) is 0 Å². The van der Waals surface area contributed by atoms with Crippen molar-refractivity contribution in [2.45, 2.75) is 24.4 Å². The van der Waals surface area contributed by atoms with Crippen molar-refractivity contribution in [3.8, 4) is 0 Å². The molecular formula is C19H32IN5S. The van der Waals surface area contributed by atoms with E-state index < -0.39 is 0 Å². The molecule has 26 heavy (non-hydrogen) atoms. The highest BCUT2D eigenvalue weighted by atomic mass is 127. The molecule has 2 unspecified atom stereocenters. The second-order valence-electron chi connectivity index (χ2n) is 7.26. The van der Waals surface area contributed by atoms with Gasteiger partial charge in [-0.2, -0.15) is 11.8 Å². The van der Waals surface area contributed by atoms with Gasteiger partial charge in [-0.05, 0) is 44.8 Å². The summed E-state index contributed by atoms with van der Waals surface area (Å²) in [6.45, 7) is 3.07. The van der Waals surface area contributed by atoms with Crippen LogP contribution in [0.5, 0.6) is 0 Å². The zero-order valence-electron chi connectivity index (χ0n) is 16.1. The van der Waals surface area contributed by atoms with E-state index in [4.69, 9.17) is 0 Å². The first kappa shape index (κ1) is 21.6. The Hall–Kier alpha value is -0.670. The molecule has 1 aromatic carbocycles. The highest BCUT2D eigenvalue weighted by molar-refractivity contribution is 14.0. The molecule has 5 nitrogen and oxygen atoms in total. The van der Waals surface area contributed by atoms with Crippen LogP contribution in [-0.2, 0) is 0 Å². The molecule has 146 valence electrons. The Labute approximate surface area is 179 Å². The number of guanidine groups is 1. The van der Waals surface area contributed by atoms with Crippen molar-refractivity contribution in [2.24, 2.45) is 4.99 Å². The molecule has 2 aliphatic rings. The largest absolute Gasteiger partial charge is 0.369 e. The monoisotopic (exact) mass is 489 g/mol. The summed E-state index contributed by atoms with van der Waals surface area (Å²) in [5.74, 6) is 3.37. The van der Waals surface area contributed by atoms with E-state index in [2.05, 4.69) is 81.6 Å². The number of anilines is 1. The summed E-state index contributed by atoms with van der Waals surface area (Å²) in [7, 11) is 6.25. The lowest BCUT2D eigenvalue weighted by molar-refractivity contribution is 0.183. The fraction of sp³-hybridized carbons (Fsp3) is 0.632.